The monoisotopic (exact) mass is 575 g/mol. The molecule has 0 bridgehead atoms. The second-order valence-corrected chi connectivity index (χ2v) is 11.8. The molecule has 2 aromatic carbocycles. The predicted octanol–water partition coefficient (Wildman–Crippen LogP) is 4.97. The summed E-state index contributed by atoms with van der Waals surface area (Å²) in [6.45, 7) is 9.42. The van der Waals surface area contributed by atoms with Gasteiger partial charge in [-0.15, -0.1) is 0 Å². The van der Waals surface area contributed by atoms with Crippen molar-refractivity contribution in [1.82, 2.24) is 19.6 Å². The molecule has 0 N–H and O–H groups in total. The van der Waals surface area contributed by atoms with Gasteiger partial charge in [0, 0.05) is 56.9 Å². The summed E-state index contributed by atoms with van der Waals surface area (Å²) >= 11 is 0. The Balaban J connectivity index is 1.36. The van der Waals surface area contributed by atoms with E-state index in [4.69, 9.17) is 19.3 Å². The highest BCUT2D eigenvalue weighted by Crippen LogP contribution is 2.34. The molecule has 2 aliphatic rings. The van der Waals surface area contributed by atoms with Gasteiger partial charge in [0.15, 0.2) is 0 Å². The zero-order valence-electron chi connectivity index (χ0n) is 25.2. The number of aromatic nitrogens is 2. The minimum Gasteiger partial charge on any atom is -0.497 e. The van der Waals surface area contributed by atoms with E-state index in [1.165, 1.54) is 0 Å². The summed E-state index contributed by atoms with van der Waals surface area (Å²) in [4.78, 5) is 32.7. The SMILES string of the molecule is COc1ccc(-n2ncc(C(=O)N3CCN(c4cccc(OC)c4)CC3)c2C2CCN(C(=O)OC(C)(C)C)CC2)cc1. The zero-order valence-corrected chi connectivity index (χ0v) is 25.2. The van der Waals surface area contributed by atoms with Crippen LogP contribution in [0.3, 0.4) is 0 Å². The van der Waals surface area contributed by atoms with Crippen LogP contribution in [0.1, 0.15) is 55.6 Å². The van der Waals surface area contributed by atoms with Gasteiger partial charge in [-0.05, 0) is 70.0 Å². The Morgan fingerprint density at radius 3 is 2.10 bits per heavy atom. The van der Waals surface area contributed by atoms with E-state index in [0.717, 1.165) is 41.7 Å². The molecule has 2 aliphatic heterocycles. The lowest BCUT2D eigenvalue weighted by Crippen LogP contribution is -2.49. The van der Waals surface area contributed by atoms with Gasteiger partial charge in [-0.25, -0.2) is 9.48 Å². The van der Waals surface area contributed by atoms with Crippen molar-refractivity contribution in [2.75, 3.05) is 58.4 Å². The molecule has 2 saturated heterocycles. The summed E-state index contributed by atoms with van der Waals surface area (Å²) in [6, 6.07) is 15.7. The summed E-state index contributed by atoms with van der Waals surface area (Å²) in [5.74, 6) is 1.62. The molecule has 2 fully saturated rings. The van der Waals surface area contributed by atoms with Crippen LogP contribution in [0.5, 0.6) is 11.5 Å². The number of piperazine rings is 1. The molecule has 3 aromatic rings. The fourth-order valence-corrected chi connectivity index (χ4v) is 5.65. The number of likely N-dealkylation sites (tertiary alicyclic amines) is 1. The van der Waals surface area contributed by atoms with E-state index in [9.17, 15) is 9.59 Å². The zero-order chi connectivity index (χ0) is 29.9. The van der Waals surface area contributed by atoms with Crippen molar-refractivity contribution in [3.05, 3.63) is 66.0 Å². The molecule has 2 amide bonds. The van der Waals surface area contributed by atoms with Gasteiger partial charge in [-0.1, -0.05) is 6.07 Å². The molecular weight excluding hydrogens is 534 g/mol. The molecule has 0 saturated carbocycles. The van der Waals surface area contributed by atoms with Crippen molar-refractivity contribution in [3.8, 4) is 17.2 Å². The maximum Gasteiger partial charge on any atom is 0.410 e. The number of hydrogen-bond acceptors (Lipinski definition) is 7. The average molecular weight is 576 g/mol. The first-order valence-electron chi connectivity index (χ1n) is 14.6. The molecule has 42 heavy (non-hydrogen) atoms. The smallest absolute Gasteiger partial charge is 0.410 e. The molecule has 224 valence electrons. The summed E-state index contributed by atoms with van der Waals surface area (Å²) in [7, 11) is 3.30. The van der Waals surface area contributed by atoms with Gasteiger partial charge >= 0.3 is 6.09 Å². The van der Waals surface area contributed by atoms with Crippen LogP contribution in [0.15, 0.2) is 54.7 Å². The molecule has 10 heteroatoms. The fraction of sp³-hybridized carbons (Fsp3) is 0.469. The second-order valence-electron chi connectivity index (χ2n) is 11.8. The Morgan fingerprint density at radius 1 is 0.810 bits per heavy atom. The molecule has 5 rings (SSSR count). The van der Waals surface area contributed by atoms with Crippen molar-refractivity contribution >= 4 is 17.7 Å². The molecule has 0 spiro atoms. The van der Waals surface area contributed by atoms with Gasteiger partial charge in [0.05, 0.1) is 37.4 Å². The molecule has 0 unspecified atom stereocenters. The summed E-state index contributed by atoms with van der Waals surface area (Å²) < 4.78 is 18.2. The highest BCUT2D eigenvalue weighted by Gasteiger charge is 2.34. The van der Waals surface area contributed by atoms with E-state index in [-0.39, 0.29) is 17.9 Å². The summed E-state index contributed by atoms with van der Waals surface area (Å²) in [5, 5.41) is 4.72. The molecule has 3 heterocycles. The van der Waals surface area contributed by atoms with Crippen molar-refractivity contribution in [3.63, 3.8) is 0 Å². The predicted molar refractivity (Wildman–Crippen MR) is 161 cm³/mol. The Morgan fingerprint density at radius 2 is 1.48 bits per heavy atom. The molecule has 0 atom stereocenters. The van der Waals surface area contributed by atoms with Crippen LogP contribution in [0.2, 0.25) is 0 Å². The topological polar surface area (TPSA) is 89.4 Å². The normalized spacial score (nSPS) is 16.4. The standard InChI is InChI=1S/C32H41N5O5/c1-32(2,3)42-31(39)36-15-13-23(14-16-36)29-28(22-33-37(29)24-9-11-26(40-4)12-10-24)30(38)35-19-17-34(18-20-35)25-7-6-8-27(21-25)41-5/h6-12,21-23H,13-20H2,1-5H3. The van der Waals surface area contributed by atoms with Crippen LogP contribution in [-0.2, 0) is 4.74 Å². The van der Waals surface area contributed by atoms with Crippen LogP contribution in [0, 0.1) is 0 Å². The van der Waals surface area contributed by atoms with E-state index < -0.39 is 5.60 Å². The minimum absolute atomic E-state index is 0.00961. The molecule has 0 aliphatic carbocycles. The fourth-order valence-electron chi connectivity index (χ4n) is 5.65. The molecular formula is C32H41N5O5. The van der Waals surface area contributed by atoms with Gasteiger partial charge in [0.2, 0.25) is 0 Å². The first-order chi connectivity index (χ1) is 20.2. The largest absolute Gasteiger partial charge is 0.497 e. The van der Waals surface area contributed by atoms with Crippen LogP contribution >= 0.6 is 0 Å². The Labute approximate surface area is 247 Å². The second kappa shape index (κ2) is 12.3. The van der Waals surface area contributed by atoms with E-state index in [2.05, 4.69) is 11.0 Å². The maximum absolute atomic E-state index is 14.0. The first kappa shape index (κ1) is 29.3. The molecule has 0 radical (unpaired) electrons. The Kier molecular flexibility index (Phi) is 8.61. The number of carbonyl (C=O) groups is 2. The summed E-state index contributed by atoms with van der Waals surface area (Å²) in [5.41, 5.74) is 2.92. The van der Waals surface area contributed by atoms with Gasteiger partial charge in [0.25, 0.3) is 5.91 Å². The number of ether oxygens (including phenoxy) is 3. The third-order valence-corrected chi connectivity index (χ3v) is 7.87. The first-order valence-corrected chi connectivity index (χ1v) is 14.6. The number of carbonyl (C=O) groups excluding carboxylic acids is 2. The number of rotatable bonds is 6. The number of anilines is 1. The number of nitrogens with zero attached hydrogens (tertiary/aromatic N) is 5. The lowest BCUT2D eigenvalue weighted by Gasteiger charge is -2.37. The molecule has 1 aromatic heterocycles. The van der Waals surface area contributed by atoms with Crippen molar-refractivity contribution in [2.24, 2.45) is 0 Å². The van der Waals surface area contributed by atoms with Crippen LogP contribution in [0.4, 0.5) is 10.5 Å². The average Bonchev–Trinajstić information content (AvgIpc) is 3.45. The van der Waals surface area contributed by atoms with Gasteiger partial charge in [-0.3, -0.25) is 4.79 Å². The number of hydrogen-bond donors (Lipinski definition) is 0. The van der Waals surface area contributed by atoms with Crippen molar-refractivity contribution in [2.45, 2.75) is 45.1 Å². The van der Waals surface area contributed by atoms with Gasteiger partial charge in [0.1, 0.15) is 17.1 Å². The summed E-state index contributed by atoms with van der Waals surface area (Å²) in [6.07, 6.45) is 2.84. The quantitative estimate of drug-likeness (QED) is 0.410. The Hall–Kier alpha value is -4.21. The van der Waals surface area contributed by atoms with E-state index in [1.54, 1.807) is 25.3 Å². The van der Waals surface area contributed by atoms with Crippen molar-refractivity contribution < 1.29 is 23.8 Å². The van der Waals surface area contributed by atoms with E-state index in [1.807, 2.05) is 72.8 Å². The lowest BCUT2D eigenvalue weighted by molar-refractivity contribution is 0.0203. The maximum atomic E-state index is 14.0. The van der Waals surface area contributed by atoms with Crippen LogP contribution in [0.25, 0.3) is 5.69 Å². The number of benzene rings is 2. The lowest BCUT2D eigenvalue weighted by atomic mass is 9.90. The number of piperidine rings is 1. The number of methoxy groups -OCH3 is 2. The van der Waals surface area contributed by atoms with Gasteiger partial charge < -0.3 is 28.9 Å². The highest BCUT2D eigenvalue weighted by molar-refractivity contribution is 5.95. The molecule has 10 nitrogen and oxygen atoms in total. The van der Waals surface area contributed by atoms with E-state index in [0.29, 0.717) is 44.6 Å². The Bertz CT molecular complexity index is 1380. The minimum atomic E-state index is -0.545. The van der Waals surface area contributed by atoms with Gasteiger partial charge in [-0.2, -0.15) is 5.10 Å². The highest BCUT2D eigenvalue weighted by atomic mass is 16.6. The van der Waals surface area contributed by atoms with Crippen LogP contribution in [-0.4, -0.2) is 90.7 Å². The van der Waals surface area contributed by atoms with E-state index >= 15 is 0 Å². The third-order valence-electron chi connectivity index (χ3n) is 7.87. The number of amides is 2. The van der Waals surface area contributed by atoms with Crippen LogP contribution < -0.4 is 14.4 Å². The third kappa shape index (κ3) is 6.48. The van der Waals surface area contributed by atoms with Crippen molar-refractivity contribution in [1.29, 1.82) is 0 Å².